The number of aryl methyl sites for hydroxylation is 1. The van der Waals surface area contributed by atoms with Crippen molar-refractivity contribution in [3.05, 3.63) is 47.5 Å². The Bertz CT molecular complexity index is 744. The monoisotopic (exact) mass is 285 g/mol. The minimum absolute atomic E-state index is 0.0661. The second-order valence-electron chi connectivity index (χ2n) is 4.66. The van der Waals surface area contributed by atoms with Gasteiger partial charge in [0.25, 0.3) is 0 Å². The largest absolute Gasteiger partial charge is 0.335 e. The number of Topliss-reactive ketones (excluding diaryl/α,β-unsaturated/α-hetero) is 1. The molecular formula is C15H15N3OS. The SMILES string of the molecule is CCCn1ccnc1CC(=O)c1cnc2ccsc2c1. The van der Waals surface area contributed by atoms with E-state index in [4.69, 9.17) is 0 Å². The standard InChI is InChI=1S/C15H15N3OS/c1-2-5-18-6-4-16-15(18)9-13(19)11-8-14-12(17-10-11)3-7-20-14/h3-4,6-8,10H,2,5,9H2,1H3. The molecule has 4 nitrogen and oxygen atoms in total. The maximum Gasteiger partial charge on any atom is 0.171 e. The fourth-order valence-corrected chi connectivity index (χ4v) is 2.98. The van der Waals surface area contributed by atoms with Gasteiger partial charge in [0.2, 0.25) is 0 Å². The van der Waals surface area contributed by atoms with E-state index >= 15 is 0 Å². The van der Waals surface area contributed by atoms with Gasteiger partial charge in [-0.1, -0.05) is 6.92 Å². The number of thiophene rings is 1. The summed E-state index contributed by atoms with van der Waals surface area (Å²) >= 11 is 1.60. The molecule has 5 heteroatoms. The summed E-state index contributed by atoms with van der Waals surface area (Å²) in [5.74, 6) is 0.888. The van der Waals surface area contributed by atoms with Gasteiger partial charge in [-0.25, -0.2) is 4.98 Å². The molecule has 0 saturated heterocycles. The van der Waals surface area contributed by atoms with Crippen LogP contribution in [-0.4, -0.2) is 20.3 Å². The normalized spacial score (nSPS) is 11.1. The Labute approximate surface area is 121 Å². The van der Waals surface area contributed by atoms with Crippen LogP contribution in [0, 0.1) is 0 Å². The number of aromatic nitrogens is 3. The molecule has 3 rings (SSSR count). The number of nitrogens with zero attached hydrogens (tertiary/aromatic N) is 3. The quantitative estimate of drug-likeness (QED) is 0.676. The zero-order valence-electron chi connectivity index (χ0n) is 11.2. The van der Waals surface area contributed by atoms with Crippen molar-refractivity contribution in [2.75, 3.05) is 0 Å². The van der Waals surface area contributed by atoms with E-state index in [0.29, 0.717) is 12.0 Å². The van der Waals surface area contributed by atoms with Crippen molar-refractivity contribution in [2.24, 2.45) is 0 Å². The van der Waals surface area contributed by atoms with Crippen LogP contribution in [0.15, 0.2) is 36.1 Å². The molecule has 0 bridgehead atoms. The molecule has 0 saturated carbocycles. The Morgan fingerprint density at radius 2 is 2.30 bits per heavy atom. The summed E-state index contributed by atoms with van der Waals surface area (Å²) in [5, 5.41) is 1.99. The summed E-state index contributed by atoms with van der Waals surface area (Å²) in [5.41, 5.74) is 1.60. The molecule has 0 aromatic carbocycles. The molecule has 0 spiro atoms. The van der Waals surface area contributed by atoms with Crippen molar-refractivity contribution in [2.45, 2.75) is 26.3 Å². The first kappa shape index (κ1) is 13.0. The number of carbonyl (C=O) groups is 1. The third-order valence-electron chi connectivity index (χ3n) is 3.21. The minimum Gasteiger partial charge on any atom is -0.335 e. The van der Waals surface area contributed by atoms with Crippen LogP contribution in [0.25, 0.3) is 10.2 Å². The molecule has 0 aliphatic rings. The van der Waals surface area contributed by atoms with Crippen molar-refractivity contribution in [3.63, 3.8) is 0 Å². The summed E-state index contributed by atoms with van der Waals surface area (Å²) in [7, 11) is 0. The van der Waals surface area contributed by atoms with E-state index in [2.05, 4.69) is 16.9 Å². The van der Waals surface area contributed by atoms with Gasteiger partial charge in [-0.05, 0) is 23.9 Å². The number of fused-ring (bicyclic) bond motifs is 1. The molecule has 20 heavy (non-hydrogen) atoms. The second-order valence-corrected chi connectivity index (χ2v) is 5.61. The Morgan fingerprint density at radius 1 is 1.40 bits per heavy atom. The number of rotatable bonds is 5. The van der Waals surface area contributed by atoms with Crippen LogP contribution < -0.4 is 0 Å². The van der Waals surface area contributed by atoms with Crippen LogP contribution in [0.5, 0.6) is 0 Å². The summed E-state index contributed by atoms with van der Waals surface area (Å²) < 4.78 is 3.09. The van der Waals surface area contributed by atoms with Crippen LogP contribution in [0.2, 0.25) is 0 Å². The average Bonchev–Trinajstić information content (AvgIpc) is 3.07. The van der Waals surface area contributed by atoms with E-state index in [1.807, 2.05) is 28.3 Å². The van der Waals surface area contributed by atoms with Gasteiger partial charge in [-0.3, -0.25) is 9.78 Å². The van der Waals surface area contributed by atoms with Gasteiger partial charge < -0.3 is 4.57 Å². The molecular weight excluding hydrogens is 270 g/mol. The van der Waals surface area contributed by atoms with Crippen LogP contribution in [0.3, 0.4) is 0 Å². The van der Waals surface area contributed by atoms with E-state index < -0.39 is 0 Å². The second kappa shape index (κ2) is 5.54. The number of carbonyl (C=O) groups excluding carboxylic acids is 1. The van der Waals surface area contributed by atoms with Gasteiger partial charge >= 0.3 is 0 Å². The molecule has 0 radical (unpaired) electrons. The number of hydrogen-bond donors (Lipinski definition) is 0. The van der Waals surface area contributed by atoms with Crippen molar-refractivity contribution >= 4 is 27.3 Å². The lowest BCUT2D eigenvalue weighted by molar-refractivity contribution is 0.0989. The first-order valence-corrected chi connectivity index (χ1v) is 7.52. The van der Waals surface area contributed by atoms with Gasteiger partial charge in [0.05, 0.1) is 16.6 Å². The average molecular weight is 285 g/mol. The van der Waals surface area contributed by atoms with Crippen LogP contribution in [0.1, 0.15) is 29.5 Å². The number of pyridine rings is 1. The van der Waals surface area contributed by atoms with Crippen molar-refractivity contribution in [1.29, 1.82) is 0 Å². The van der Waals surface area contributed by atoms with Crippen LogP contribution >= 0.6 is 11.3 Å². The molecule has 0 atom stereocenters. The van der Waals surface area contributed by atoms with E-state index in [0.717, 1.165) is 29.0 Å². The molecule has 102 valence electrons. The lowest BCUT2D eigenvalue weighted by Gasteiger charge is -2.05. The predicted molar refractivity (Wildman–Crippen MR) is 80.2 cm³/mol. The molecule has 0 fully saturated rings. The zero-order valence-corrected chi connectivity index (χ0v) is 12.1. The predicted octanol–water partition coefficient (Wildman–Crippen LogP) is 3.33. The highest BCUT2D eigenvalue weighted by molar-refractivity contribution is 7.17. The Hall–Kier alpha value is -2.01. The van der Waals surface area contributed by atoms with Crippen molar-refractivity contribution < 1.29 is 4.79 Å². The Kier molecular flexibility index (Phi) is 3.60. The molecule has 0 unspecified atom stereocenters. The van der Waals surface area contributed by atoms with Crippen LogP contribution in [0.4, 0.5) is 0 Å². The molecule has 0 N–H and O–H groups in total. The van der Waals surface area contributed by atoms with E-state index in [1.54, 1.807) is 23.7 Å². The maximum atomic E-state index is 12.3. The van der Waals surface area contributed by atoms with Gasteiger partial charge in [-0.15, -0.1) is 11.3 Å². The summed E-state index contributed by atoms with van der Waals surface area (Å²) in [4.78, 5) is 20.9. The highest BCUT2D eigenvalue weighted by atomic mass is 32.1. The molecule has 3 aromatic heterocycles. The topological polar surface area (TPSA) is 47.8 Å². The summed E-state index contributed by atoms with van der Waals surface area (Å²) in [6.07, 6.45) is 6.68. The third-order valence-corrected chi connectivity index (χ3v) is 4.06. The van der Waals surface area contributed by atoms with Gasteiger partial charge in [0.1, 0.15) is 5.82 Å². The lowest BCUT2D eigenvalue weighted by atomic mass is 10.1. The minimum atomic E-state index is 0.0661. The summed E-state index contributed by atoms with van der Waals surface area (Å²) in [6.45, 7) is 3.01. The van der Waals surface area contributed by atoms with E-state index in [9.17, 15) is 4.79 Å². The summed E-state index contributed by atoms with van der Waals surface area (Å²) in [6, 6.07) is 3.88. The number of imidazole rings is 1. The molecule has 0 amide bonds. The zero-order chi connectivity index (χ0) is 13.9. The fraction of sp³-hybridized carbons (Fsp3) is 0.267. The van der Waals surface area contributed by atoms with Crippen LogP contribution in [-0.2, 0) is 13.0 Å². The van der Waals surface area contributed by atoms with Gasteiger partial charge in [0.15, 0.2) is 5.78 Å². The fourth-order valence-electron chi connectivity index (χ4n) is 2.20. The van der Waals surface area contributed by atoms with E-state index in [-0.39, 0.29) is 5.78 Å². The number of ketones is 1. The highest BCUT2D eigenvalue weighted by Gasteiger charge is 2.12. The lowest BCUT2D eigenvalue weighted by Crippen LogP contribution is -2.10. The Balaban J connectivity index is 1.83. The number of hydrogen-bond acceptors (Lipinski definition) is 4. The molecule has 0 aliphatic carbocycles. The first-order chi connectivity index (χ1) is 9.78. The molecule has 0 aliphatic heterocycles. The Morgan fingerprint density at radius 3 is 3.15 bits per heavy atom. The third kappa shape index (κ3) is 2.49. The van der Waals surface area contributed by atoms with E-state index in [1.165, 1.54) is 0 Å². The van der Waals surface area contributed by atoms with Gasteiger partial charge in [-0.2, -0.15) is 0 Å². The van der Waals surface area contributed by atoms with Crippen molar-refractivity contribution in [3.8, 4) is 0 Å². The smallest absolute Gasteiger partial charge is 0.171 e. The highest BCUT2D eigenvalue weighted by Crippen LogP contribution is 2.20. The maximum absolute atomic E-state index is 12.3. The first-order valence-electron chi connectivity index (χ1n) is 6.64. The van der Waals surface area contributed by atoms with Crippen molar-refractivity contribution in [1.82, 2.24) is 14.5 Å². The van der Waals surface area contributed by atoms with Gasteiger partial charge in [0, 0.05) is 30.7 Å². The molecule has 3 heterocycles. The molecule has 3 aromatic rings.